The van der Waals surface area contributed by atoms with Crippen LogP contribution in [-0.4, -0.2) is 57.7 Å². The van der Waals surface area contributed by atoms with Gasteiger partial charge in [-0.15, -0.1) is 24.0 Å². The fraction of sp³-hybridized carbons (Fsp3) is 0.917. The number of nitrogens with zero attached hydrogens (tertiary/aromatic N) is 1. The highest BCUT2D eigenvalue weighted by molar-refractivity contribution is 14.0. The van der Waals surface area contributed by atoms with Crippen molar-refractivity contribution in [3.63, 3.8) is 0 Å². The zero-order chi connectivity index (χ0) is 12.8. The third kappa shape index (κ3) is 5.05. The Morgan fingerprint density at radius 2 is 2.37 bits per heavy atom. The number of aliphatic imine (C=N–C) groups is 1. The van der Waals surface area contributed by atoms with E-state index >= 15 is 0 Å². The Labute approximate surface area is 131 Å². The first-order valence-corrected chi connectivity index (χ1v) is 6.52. The van der Waals surface area contributed by atoms with E-state index in [1.807, 2.05) is 0 Å². The highest BCUT2D eigenvalue weighted by atomic mass is 127. The molecule has 2 aliphatic heterocycles. The number of hydrogen-bond donors (Lipinski definition) is 2. The molecular formula is C12H24IN3O3. The summed E-state index contributed by atoms with van der Waals surface area (Å²) in [5.41, 5.74) is 5.53. The van der Waals surface area contributed by atoms with Gasteiger partial charge >= 0.3 is 0 Å². The summed E-state index contributed by atoms with van der Waals surface area (Å²) in [6.07, 6.45) is 3.36. The first-order chi connectivity index (χ1) is 8.74. The summed E-state index contributed by atoms with van der Waals surface area (Å²) in [6.45, 7) is 3.44. The SMILES string of the molecule is COC1(CN=C(N)NCC2CCCO2)CCOC1.I. The largest absolute Gasteiger partial charge is 0.378 e. The monoisotopic (exact) mass is 385 g/mol. The third-order valence-corrected chi connectivity index (χ3v) is 3.57. The van der Waals surface area contributed by atoms with Gasteiger partial charge in [0.1, 0.15) is 5.60 Å². The Morgan fingerprint density at radius 1 is 1.53 bits per heavy atom. The number of ether oxygens (including phenoxy) is 3. The van der Waals surface area contributed by atoms with Gasteiger partial charge in [-0.1, -0.05) is 0 Å². The van der Waals surface area contributed by atoms with Crippen LogP contribution < -0.4 is 11.1 Å². The van der Waals surface area contributed by atoms with Gasteiger partial charge < -0.3 is 25.3 Å². The maximum absolute atomic E-state index is 5.83. The van der Waals surface area contributed by atoms with E-state index in [1.165, 1.54) is 0 Å². The Morgan fingerprint density at radius 3 is 2.95 bits per heavy atom. The fourth-order valence-corrected chi connectivity index (χ4v) is 2.25. The molecule has 0 saturated carbocycles. The fourth-order valence-electron chi connectivity index (χ4n) is 2.25. The highest BCUT2D eigenvalue weighted by Crippen LogP contribution is 2.22. The van der Waals surface area contributed by atoms with Crippen LogP contribution in [-0.2, 0) is 14.2 Å². The van der Waals surface area contributed by atoms with Crippen molar-refractivity contribution in [2.45, 2.75) is 31.0 Å². The van der Waals surface area contributed by atoms with E-state index in [0.29, 0.717) is 19.1 Å². The van der Waals surface area contributed by atoms with Crippen molar-refractivity contribution < 1.29 is 14.2 Å². The molecule has 2 rings (SSSR count). The van der Waals surface area contributed by atoms with Crippen molar-refractivity contribution in [2.24, 2.45) is 10.7 Å². The van der Waals surface area contributed by atoms with Gasteiger partial charge in [0, 0.05) is 33.3 Å². The molecule has 0 aromatic heterocycles. The average molecular weight is 385 g/mol. The van der Waals surface area contributed by atoms with Crippen molar-refractivity contribution in [1.82, 2.24) is 5.32 Å². The highest BCUT2D eigenvalue weighted by Gasteiger charge is 2.34. The lowest BCUT2D eigenvalue weighted by Crippen LogP contribution is -2.40. The van der Waals surface area contributed by atoms with Gasteiger partial charge in [-0.2, -0.15) is 0 Å². The Kier molecular flexibility index (Phi) is 7.33. The predicted octanol–water partition coefficient (Wildman–Crippen LogP) is 0.493. The lowest BCUT2D eigenvalue weighted by atomic mass is 10.0. The summed E-state index contributed by atoms with van der Waals surface area (Å²) in [5.74, 6) is 0.453. The second kappa shape index (κ2) is 8.23. The van der Waals surface area contributed by atoms with Gasteiger partial charge in [0.15, 0.2) is 5.96 Å². The standard InChI is InChI=1S/C12H23N3O3.HI/c1-16-12(4-6-17-9-12)8-15-11(13)14-7-10-3-2-5-18-10;/h10H,2-9H2,1H3,(H3,13,14,15);1H. The zero-order valence-electron chi connectivity index (χ0n) is 11.4. The van der Waals surface area contributed by atoms with Gasteiger partial charge in [-0.05, 0) is 12.8 Å². The lowest BCUT2D eigenvalue weighted by molar-refractivity contribution is -0.00906. The van der Waals surface area contributed by atoms with Crippen molar-refractivity contribution in [2.75, 3.05) is 40.0 Å². The molecule has 0 aromatic carbocycles. The van der Waals surface area contributed by atoms with E-state index in [4.69, 9.17) is 19.9 Å². The molecule has 0 radical (unpaired) electrons. The number of nitrogens with two attached hydrogens (primary N) is 1. The van der Waals surface area contributed by atoms with Crippen molar-refractivity contribution >= 4 is 29.9 Å². The zero-order valence-corrected chi connectivity index (χ0v) is 13.7. The van der Waals surface area contributed by atoms with Crippen LogP contribution in [0.3, 0.4) is 0 Å². The molecule has 0 aromatic rings. The lowest BCUT2D eigenvalue weighted by Gasteiger charge is -2.23. The van der Waals surface area contributed by atoms with Crippen LogP contribution in [0.25, 0.3) is 0 Å². The van der Waals surface area contributed by atoms with Crippen LogP contribution in [0.15, 0.2) is 4.99 Å². The summed E-state index contributed by atoms with van der Waals surface area (Å²) >= 11 is 0. The van der Waals surface area contributed by atoms with Crippen LogP contribution >= 0.6 is 24.0 Å². The molecule has 0 bridgehead atoms. The predicted molar refractivity (Wildman–Crippen MR) is 84.1 cm³/mol. The number of rotatable bonds is 5. The summed E-state index contributed by atoms with van der Waals surface area (Å²) in [7, 11) is 1.69. The molecule has 19 heavy (non-hydrogen) atoms. The van der Waals surface area contributed by atoms with Crippen LogP contribution in [0.1, 0.15) is 19.3 Å². The first-order valence-electron chi connectivity index (χ1n) is 6.52. The van der Waals surface area contributed by atoms with Crippen molar-refractivity contribution in [1.29, 1.82) is 0 Å². The molecule has 0 aliphatic carbocycles. The van der Waals surface area contributed by atoms with Crippen molar-refractivity contribution in [3.05, 3.63) is 0 Å². The smallest absolute Gasteiger partial charge is 0.188 e. The summed E-state index contributed by atoms with van der Waals surface area (Å²) in [5, 5.41) is 3.10. The van der Waals surface area contributed by atoms with Gasteiger partial charge in [0.2, 0.25) is 0 Å². The Bertz CT molecular complexity index is 290. The van der Waals surface area contributed by atoms with Gasteiger partial charge in [-0.25, -0.2) is 0 Å². The van der Waals surface area contributed by atoms with Crippen LogP contribution in [0.4, 0.5) is 0 Å². The number of nitrogens with one attached hydrogen (secondary N) is 1. The summed E-state index contributed by atoms with van der Waals surface area (Å²) in [6, 6.07) is 0. The molecule has 0 spiro atoms. The van der Waals surface area contributed by atoms with E-state index in [0.717, 1.165) is 39.0 Å². The van der Waals surface area contributed by atoms with Crippen LogP contribution in [0.5, 0.6) is 0 Å². The molecule has 2 aliphatic rings. The molecular weight excluding hydrogens is 361 g/mol. The molecule has 2 unspecified atom stereocenters. The molecule has 6 nitrogen and oxygen atoms in total. The number of hydrogen-bond acceptors (Lipinski definition) is 4. The minimum absolute atomic E-state index is 0. The maximum Gasteiger partial charge on any atom is 0.188 e. The quantitative estimate of drug-likeness (QED) is 0.409. The summed E-state index contributed by atoms with van der Waals surface area (Å²) in [4.78, 5) is 4.33. The molecule has 7 heteroatoms. The summed E-state index contributed by atoms with van der Waals surface area (Å²) < 4.78 is 16.3. The molecule has 2 fully saturated rings. The molecule has 2 saturated heterocycles. The molecule has 0 amide bonds. The van der Waals surface area contributed by atoms with E-state index in [2.05, 4.69) is 10.3 Å². The minimum Gasteiger partial charge on any atom is -0.378 e. The van der Waals surface area contributed by atoms with Crippen LogP contribution in [0.2, 0.25) is 0 Å². The van der Waals surface area contributed by atoms with E-state index < -0.39 is 0 Å². The second-order valence-electron chi connectivity index (χ2n) is 4.91. The van der Waals surface area contributed by atoms with Gasteiger partial charge in [-0.3, -0.25) is 4.99 Å². The average Bonchev–Trinajstić information content (AvgIpc) is 3.06. The molecule has 2 atom stereocenters. The van der Waals surface area contributed by atoms with Crippen LogP contribution in [0, 0.1) is 0 Å². The van der Waals surface area contributed by atoms with Gasteiger partial charge in [0.25, 0.3) is 0 Å². The Balaban J connectivity index is 0.00000180. The second-order valence-corrected chi connectivity index (χ2v) is 4.91. The number of methoxy groups -OCH3 is 1. The normalized spacial score (nSPS) is 31.2. The van der Waals surface area contributed by atoms with Gasteiger partial charge in [0.05, 0.1) is 19.3 Å². The van der Waals surface area contributed by atoms with Crippen molar-refractivity contribution in [3.8, 4) is 0 Å². The first kappa shape index (κ1) is 16.9. The minimum atomic E-state index is -0.295. The van der Waals surface area contributed by atoms with E-state index in [-0.39, 0.29) is 35.7 Å². The molecule has 2 heterocycles. The Hall–Kier alpha value is -0.120. The van der Waals surface area contributed by atoms with E-state index in [1.54, 1.807) is 7.11 Å². The number of guanidine groups is 1. The maximum atomic E-state index is 5.83. The molecule has 112 valence electrons. The molecule has 3 N–H and O–H groups in total. The van der Waals surface area contributed by atoms with E-state index in [9.17, 15) is 0 Å². The number of halogens is 1. The third-order valence-electron chi connectivity index (χ3n) is 3.57. The topological polar surface area (TPSA) is 78.1 Å².